The molecule has 2 aliphatic heterocycles. The molecule has 0 amide bonds. The second kappa shape index (κ2) is 7.38. The Morgan fingerprint density at radius 2 is 1.52 bits per heavy atom. The van der Waals surface area contributed by atoms with Gasteiger partial charge in [-0.15, -0.1) is 0 Å². The smallest absolute Gasteiger partial charge is 0.231 e. The summed E-state index contributed by atoms with van der Waals surface area (Å²) in [5, 5.41) is 6.64. The molecule has 2 N–H and O–H groups in total. The number of nitrogens with zero attached hydrogens (tertiary/aromatic N) is 2. The van der Waals surface area contributed by atoms with Crippen molar-refractivity contribution in [3.8, 4) is 23.0 Å². The molecule has 3 aromatic rings. The number of aryl methyl sites for hydroxylation is 1. The van der Waals surface area contributed by atoms with Crippen molar-refractivity contribution < 1.29 is 18.9 Å². The molecule has 3 heterocycles. The first-order valence-corrected chi connectivity index (χ1v) is 9.38. The molecular weight excluding hydrogens is 372 g/mol. The van der Waals surface area contributed by atoms with Crippen LogP contribution in [0.5, 0.6) is 23.0 Å². The number of benzene rings is 2. The van der Waals surface area contributed by atoms with Crippen LogP contribution < -0.4 is 29.6 Å². The van der Waals surface area contributed by atoms with Gasteiger partial charge in [0.05, 0.1) is 0 Å². The van der Waals surface area contributed by atoms with Crippen LogP contribution >= 0.6 is 0 Å². The first-order chi connectivity index (χ1) is 14.2. The summed E-state index contributed by atoms with van der Waals surface area (Å²) in [4.78, 5) is 8.94. The highest BCUT2D eigenvalue weighted by Crippen LogP contribution is 2.34. The minimum Gasteiger partial charge on any atom is -0.486 e. The maximum atomic E-state index is 5.64. The van der Waals surface area contributed by atoms with Crippen molar-refractivity contribution in [3.05, 3.63) is 53.9 Å². The summed E-state index contributed by atoms with van der Waals surface area (Å²) in [5.74, 6) is 5.12. The van der Waals surface area contributed by atoms with Crippen molar-refractivity contribution in [2.45, 2.75) is 13.5 Å². The van der Waals surface area contributed by atoms with Crippen LogP contribution in [0.15, 0.2) is 42.5 Å². The Bertz CT molecular complexity index is 1060. The molecule has 1 aromatic heterocycles. The number of rotatable bonds is 5. The SMILES string of the molecule is Cc1nc(NCc2ccc3c(c2)OCO3)cc(Nc2ccc3c(c2)OCCO3)n1. The van der Waals surface area contributed by atoms with Gasteiger partial charge >= 0.3 is 0 Å². The van der Waals surface area contributed by atoms with Crippen molar-refractivity contribution in [2.24, 2.45) is 0 Å². The van der Waals surface area contributed by atoms with E-state index in [9.17, 15) is 0 Å². The van der Waals surface area contributed by atoms with E-state index in [-0.39, 0.29) is 6.79 Å². The van der Waals surface area contributed by atoms with E-state index in [1.165, 1.54) is 0 Å². The molecule has 0 spiro atoms. The molecule has 0 bridgehead atoms. The summed E-state index contributed by atoms with van der Waals surface area (Å²) in [6, 6.07) is 13.5. The van der Waals surface area contributed by atoms with Gasteiger partial charge in [0, 0.05) is 24.4 Å². The molecule has 5 rings (SSSR count). The van der Waals surface area contributed by atoms with Gasteiger partial charge in [0.2, 0.25) is 6.79 Å². The van der Waals surface area contributed by atoms with E-state index in [0.29, 0.717) is 31.4 Å². The molecule has 0 unspecified atom stereocenters. The summed E-state index contributed by atoms with van der Waals surface area (Å²) in [6.45, 7) is 3.86. The third kappa shape index (κ3) is 3.82. The van der Waals surface area contributed by atoms with E-state index in [0.717, 1.165) is 40.1 Å². The van der Waals surface area contributed by atoms with Crippen LogP contribution in [-0.4, -0.2) is 30.0 Å². The van der Waals surface area contributed by atoms with Gasteiger partial charge in [-0.05, 0) is 36.8 Å². The molecule has 29 heavy (non-hydrogen) atoms. The highest BCUT2D eigenvalue weighted by atomic mass is 16.7. The lowest BCUT2D eigenvalue weighted by Gasteiger charge is -2.19. The van der Waals surface area contributed by atoms with E-state index in [2.05, 4.69) is 20.6 Å². The Morgan fingerprint density at radius 1 is 0.793 bits per heavy atom. The lowest BCUT2D eigenvalue weighted by atomic mass is 10.2. The topological polar surface area (TPSA) is 86.8 Å². The van der Waals surface area contributed by atoms with Crippen LogP contribution in [0.1, 0.15) is 11.4 Å². The number of hydrogen-bond donors (Lipinski definition) is 2. The van der Waals surface area contributed by atoms with Crippen LogP contribution in [0.4, 0.5) is 17.3 Å². The zero-order valence-corrected chi connectivity index (χ0v) is 15.9. The second-order valence-electron chi connectivity index (χ2n) is 6.71. The fourth-order valence-corrected chi connectivity index (χ4v) is 3.23. The summed E-state index contributed by atoms with van der Waals surface area (Å²) >= 11 is 0. The minimum absolute atomic E-state index is 0.270. The van der Waals surface area contributed by atoms with Gasteiger partial charge < -0.3 is 29.6 Å². The predicted molar refractivity (Wildman–Crippen MR) is 107 cm³/mol. The summed E-state index contributed by atoms with van der Waals surface area (Å²) in [5.41, 5.74) is 1.95. The third-order valence-corrected chi connectivity index (χ3v) is 4.56. The standard InChI is InChI=1S/C21H20N4O4/c1-13-23-20(22-11-14-2-4-17-18(8-14)29-12-28-17)10-21(24-13)25-15-3-5-16-19(9-15)27-7-6-26-16/h2-5,8-10H,6-7,11-12H2,1H3,(H2,22,23,24,25). The molecule has 8 heteroatoms. The molecule has 2 aliphatic rings. The lowest BCUT2D eigenvalue weighted by Crippen LogP contribution is -2.15. The number of nitrogens with one attached hydrogen (secondary N) is 2. The van der Waals surface area contributed by atoms with E-state index >= 15 is 0 Å². The average molecular weight is 392 g/mol. The van der Waals surface area contributed by atoms with Gasteiger partial charge in [-0.3, -0.25) is 0 Å². The zero-order chi connectivity index (χ0) is 19.6. The third-order valence-electron chi connectivity index (χ3n) is 4.56. The largest absolute Gasteiger partial charge is 0.486 e. The highest BCUT2D eigenvalue weighted by molar-refractivity contribution is 5.63. The summed E-state index contributed by atoms with van der Waals surface area (Å²) in [7, 11) is 0. The molecule has 0 radical (unpaired) electrons. The first kappa shape index (κ1) is 17.4. The van der Waals surface area contributed by atoms with Crippen molar-refractivity contribution in [1.29, 1.82) is 0 Å². The van der Waals surface area contributed by atoms with E-state index in [1.54, 1.807) is 0 Å². The van der Waals surface area contributed by atoms with E-state index < -0.39 is 0 Å². The second-order valence-corrected chi connectivity index (χ2v) is 6.71. The van der Waals surface area contributed by atoms with Crippen molar-refractivity contribution in [2.75, 3.05) is 30.6 Å². The molecule has 0 aliphatic carbocycles. The van der Waals surface area contributed by atoms with Crippen molar-refractivity contribution >= 4 is 17.3 Å². The van der Waals surface area contributed by atoms with Crippen LogP contribution in [-0.2, 0) is 6.54 Å². The van der Waals surface area contributed by atoms with Gasteiger partial charge in [0.15, 0.2) is 23.0 Å². The Hall–Kier alpha value is -3.68. The molecule has 2 aromatic carbocycles. The molecule has 8 nitrogen and oxygen atoms in total. The average Bonchev–Trinajstić information content (AvgIpc) is 3.20. The molecule has 148 valence electrons. The number of aromatic nitrogens is 2. The van der Waals surface area contributed by atoms with Crippen LogP contribution in [0, 0.1) is 6.92 Å². The quantitative estimate of drug-likeness (QED) is 0.681. The fraction of sp³-hybridized carbons (Fsp3) is 0.238. The zero-order valence-electron chi connectivity index (χ0n) is 15.9. The summed E-state index contributed by atoms with van der Waals surface area (Å²) < 4.78 is 22.0. The van der Waals surface area contributed by atoms with Gasteiger partial charge in [-0.25, -0.2) is 9.97 Å². The van der Waals surface area contributed by atoms with Crippen LogP contribution in [0.2, 0.25) is 0 Å². The van der Waals surface area contributed by atoms with E-state index in [4.69, 9.17) is 18.9 Å². The Balaban J connectivity index is 1.30. The maximum absolute atomic E-state index is 5.64. The molecule has 0 fully saturated rings. The lowest BCUT2D eigenvalue weighted by molar-refractivity contribution is 0.171. The highest BCUT2D eigenvalue weighted by Gasteiger charge is 2.14. The maximum Gasteiger partial charge on any atom is 0.231 e. The van der Waals surface area contributed by atoms with Gasteiger partial charge in [-0.2, -0.15) is 0 Å². The molecule has 0 atom stereocenters. The Kier molecular flexibility index (Phi) is 4.44. The van der Waals surface area contributed by atoms with Gasteiger partial charge in [0.1, 0.15) is 30.7 Å². The molecule has 0 saturated carbocycles. The van der Waals surface area contributed by atoms with Crippen LogP contribution in [0.25, 0.3) is 0 Å². The monoisotopic (exact) mass is 392 g/mol. The number of anilines is 3. The van der Waals surface area contributed by atoms with Crippen molar-refractivity contribution in [1.82, 2.24) is 9.97 Å². The number of ether oxygens (including phenoxy) is 4. The Morgan fingerprint density at radius 3 is 2.45 bits per heavy atom. The predicted octanol–water partition coefficient (Wildman–Crippen LogP) is 3.64. The van der Waals surface area contributed by atoms with Gasteiger partial charge in [0.25, 0.3) is 0 Å². The van der Waals surface area contributed by atoms with Crippen LogP contribution in [0.3, 0.4) is 0 Å². The minimum atomic E-state index is 0.270. The molecule has 0 saturated heterocycles. The fourth-order valence-electron chi connectivity index (χ4n) is 3.23. The summed E-state index contributed by atoms with van der Waals surface area (Å²) in [6.07, 6.45) is 0. The first-order valence-electron chi connectivity index (χ1n) is 9.38. The van der Waals surface area contributed by atoms with E-state index in [1.807, 2.05) is 49.4 Å². The van der Waals surface area contributed by atoms with Crippen molar-refractivity contribution in [3.63, 3.8) is 0 Å². The Labute approximate surface area is 167 Å². The van der Waals surface area contributed by atoms with Gasteiger partial charge in [-0.1, -0.05) is 6.07 Å². The number of hydrogen-bond acceptors (Lipinski definition) is 8. The number of fused-ring (bicyclic) bond motifs is 2. The normalized spacial score (nSPS) is 13.8. The molecular formula is C21H20N4O4.